The van der Waals surface area contributed by atoms with Crippen LogP contribution in [0, 0.1) is 11.2 Å². The van der Waals surface area contributed by atoms with Crippen molar-refractivity contribution in [1.82, 2.24) is 4.57 Å². The number of carbonyl (C=O) groups is 2. The lowest BCUT2D eigenvalue weighted by Gasteiger charge is -2.41. The van der Waals surface area contributed by atoms with Crippen LogP contribution in [-0.4, -0.2) is 34.3 Å². The Hall–Kier alpha value is -4.07. The maximum Gasteiger partial charge on any atom is 0.258 e. The van der Waals surface area contributed by atoms with Gasteiger partial charge in [-0.05, 0) is 79.1 Å². The Balaban J connectivity index is 1.59. The molecule has 0 spiro atoms. The van der Waals surface area contributed by atoms with Gasteiger partial charge in [0.05, 0.1) is 23.5 Å². The summed E-state index contributed by atoms with van der Waals surface area (Å²) in [6.07, 6.45) is 1.66. The van der Waals surface area contributed by atoms with Crippen LogP contribution in [0.5, 0.6) is 0 Å². The third-order valence-electron chi connectivity index (χ3n) is 8.57. The first-order valence-corrected chi connectivity index (χ1v) is 17.0. The van der Waals surface area contributed by atoms with Gasteiger partial charge in [0.2, 0.25) is 0 Å². The lowest BCUT2D eigenvalue weighted by Crippen LogP contribution is -2.45. The molecule has 48 heavy (non-hydrogen) atoms. The van der Waals surface area contributed by atoms with Crippen molar-refractivity contribution in [3.8, 4) is 22.4 Å². The van der Waals surface area contributed by atoms with Gasteiger partial charge in [-0.25, -0.2) is 4.39 Å². The molecule has 2 heterocycles. The van der Waals surface area contributed by atoms with Crippen LogP contribution in [0.3, 0.4) is 0 Å². The summed E-state index contributed by atoms with van der Waals surface area (Å²) in [6, 6.07) is 25.9. The number of ketones is 1. The second kappa shape index (κ2) is 14.6. The van der Waals surface area contributed by atoms with Gasteiger partial charge in [-0.2, -0.15) is 0 Å². The van der Waals surface area contributed by atoms with Gasteiger partial charge < -0.3 is 19.4 Å². The second-order valence-corrected chi connectivity index (χ2v) is 14.9. The van der Waals surface area contributed by atoms with Gasteiger partial charge >= 0.3 is 0 Å². The minimum Gasteiger partial charge on any atom is -0.347 e. The predicted octanol–water partition coefficient (Wildman–Crippen LogP) is 10.0. The van der Waals surface area contributed by atoms with E-state index in [1.54, 1.807) is 12.1 Å². The molecule has 1 amide bonds. The maximum absolute atomic E-state index is 14.4. The average molecular weight is 653 g/mol. The second-order valence-electron chi connectivity index (χ2n) is 14.9. The topological polar surface area (TPSA) is 69.6 Å². The van der Waals surface area contributed by atoms with E-state index in [0.717, 1.165) is 28.1 Å². The molecule has 5 rings (SSSR count). The molecule has 3 aromatic carbocycles. The highest BCUT2D eigenvalue weighted by Gasteiger charge is 2.37. The van der Waals surface area contributed by atoms with E-state index in [4.69, 9.17) is 9.47 Å². The van der Waals surface area contributed by atoms with Gasteiger partial charge in [0, 0.05) is 42.8 Å². The van der Waals surface area contributed by atoms with Crippen molar-refractivity contribution in [3.05, 3.63) is 102 Å². The molecule has 1 N–H and O–H groups in total. The number of para-hydroxylation sites is 1. The van der Waals surface area contributed by atoms with Gasteiger partial charge in [0.1, 0.15) is 11.6 Å². The van der Waals surface area contributed by atoms with Crippen LogP contribution in [0.25, 0.3) is 22.4 Å². The van der Waals surface area contributed by atoms with Crippen LogP contribution < -0.4 is 5.32 Å². The number of hydrogen-bond acceptors (Lipinski definition) is 4. The quantitative estimate of drug-likeness (QED) is 0.175. The molecular formula is C41H49FN2O4. The Bertz CT molecular complexity index is 1700. The number of halogens is 1. The molecule has 1 saturated heterocycles. The lowest BCUT2D eigenvalue weighted by atomic mass is 9.87. The Morgan fingerprint density at radius 2 is 1.50 bits per heavy atom. The van der Waals surface area contributed by atoms with E-state index in [1.807, 2.05) is 74.5 Å². The smallest absolute Gasteiger partial charge is 0.258 e. The van der Waals surface area contributed by atoms with E-state index in [0.29, 0.717) is 43.5 Å². The van der Waals surface area contributed by atoms with Gasteiger partial charge in [0.25, 0.3) is 5.91 Å². The first-order valence-electron chi connectivity index (χ1n) is 17.0. The van der Waals surface area contributed by atoms with Crippen molar-refractivity contribution in [2.45, 2.75) is 105 Å². The number of nitrogens with one attached hydrogen (secondary N) is 1. The van der Waals surface area contributed by atoms with E-state index in [2.05, 4.69) is 44.5 Å². The first kappa shape index (κ1) is 35.2. The summed E-state index contributed by atoms with van der Waals surface area (Å²) in [5, 5.41) is 3.14. The summed E-state index contributed by atoms with van der Waals surface area (Å²) in [6.45, 7) is 14.8. The Morgan fingerprint density at radius 3 is 2.10 bits per heavy atom. The minimum atomic E-state index is -0.844. The minimum absolute atomic E-state index is 0.0204. The largest absolute Gasteiger partial charge is 0.347 e. The zero-order valence-corrected chi connectivity index (χ0v) is 29.3. The summed E-state index contributed by atoms with van der Waals surface area (Å²) in [5.74, 6) is -1.20. The number of anilines is 1. The van der Waals surface area contributed by atoms with E-state index in [-0.39, 0.29) is 41.0 Å². The van der Waals surface area contributed by atoms with Crippen molar-refractivity contribution in [3.63, 3.8) is 0 Å². The number of carbonyl (C=O) groups excluding carboxylic acids is 2. The lowest BCUT2D eigenvalue weighted by molar-refractivity contribution is -0.300. The Labute approximate surface area is 284 Å². The molecule has 0 radical (unpaired) electrons. The number of hydrogen-bond donors (Lipinski definition) is 1. The molecule has 4 aromatic rings. The summed E-state index contributed by atoms with van der Waals surface area (Å²) in [4.78, 5) is 27.3. The highest BCUT2D eigenvalue weighted by Crippen LogP contribution is 2.43. The van der Waals surface area contributed by atoms with Crippen LogP contribution in [-0.2, 0) is 20.8 Å². The zero-order chi connectivity index (χ0) is 34.6. The van der Waals surface area contributed by atoms with Crippen LogP contribution in [0.2, 0.25) is 0 Å². The van der Waals surface area contributed by atoms with Crippen molar-refractivity contribution in [1.29, 1.82) is 0 Å². The Kier molecular flexibility index (Phi) is 10.7. The van der Waals surface area contributed by atoms with Crippen molar-refractivity contribution in [2.24, 2.45) is 5.41 Å². The SMILES string of the molecule is CC(C)c1c(C(=O)Nc2ccccc2)c(-c2ccccc2)c(-c2ccc(F)cc2)n1CC[C@@H]1C[C@H](CC(=O)CC(C)(C)C)OC(C)(C)O1. The zero-order valence-electron chi connectivity index (χ0n) is 29.3. The van der Waals surface area contributed by atoms with Crippen LogP contribution in [0.15, 0.2) is 84.9 Å². The maximum atomic E-state index is 14.4. The fraction of sp³-hybridized carbons (Fsp3) is 0.415. The normalized spacial score (nSPS) is 17.8. The molecule has 1 fully saturated rings. The number of nitrogens with zero attached hydrogens (tertiary/aromatic N) is 1. The van der Waals surface area contributed by atoms with Crippen molar-refractivity contribution in [2.75, 3.05) is 5.32 Å². The van der Waals surface area contributed by atoms with E-state index >= 15 is 0 Å². The average Bonchev–Trinajstić information content (AvgIpc) is 3.35. The van der Waals surface area contributed by atoms with Crippen LogP contribution >= 0.6 is 0 Å². The molecular weight excluding hydrogens is 603 g/mol. The van der Waals surface area contributed by atoms with Gasteiger partial charge in [-0.15, -0.1) is 0 Å². The first-order chi connectivity index (χ1) is 22.7. The molecule has 2 atom stereocenters. The summed E-state index contributed by atoms with van der Waals surface area (Å²) in [5.41, 5.74) is 5.48. The molecule has 7 heteroatoms. The van der Waals surface area contributed by atoms with E-state index < -0.39 is 5.79 Å². The molecule has 0 unspecified atom stereocenters. The van der Waals surface area contributed by atoms with Gasteiger partial charge in [0.15, 0.2) is 5.79 Å². The molecule has 6 nitrogen and oxygen atoms in total. The summed E-state index contributed by atoms with van der Waals surface area (Å²) >= 11 is 0. The predicted molar refractivity (Wildman–Crippen MR) is 191 cm³/mol. The number of rotatable bonds is 11. The fourth-order valence-electron chi connectivity index (χ4n) is 6.92. The highest BCUT2D eigenvalue weighted by molar-refractivity contribution is 6.12. The molecule has 254 valence electrons. The third-order valence-corrected chi connectivity index (χ3v) is 8.57. The van der Waals surface area contributed by atoms with Crippen LogP contribution in [0.1, 0.15) is 96.1 Å². The van der Waals surface area contributed by atoms with Crippen LogP contribution in [0.4, 0.5) is 10.1 Å². The Morgan fingerprint density at radius 1 is 0.896 bits per heavy atom. The molecule has 0 saturated carbocycles. The van der Waals surface area contributed by atoms with Gasteiger partial charge in [-0.3, -0.25) is 9.59 Å². The number of ether oxygens (including phenoxy) is 2. The van der Waals surface area contributed by atoms with E-state index in [9.17, 15) is 14.0 Å². The third kappa shape index (κ3) is 8.69. The monoisotopic (exact) mass is 652 g/mol. The van der Waals surface area contributed by atoms with Crippen molar-refractivity contribution < 1.29 is 23.5 Å². The number of Topliss-reactive ketones (excluding diaryl/α,β-unsaturated/α-hetero) is 1. The molecule has 0 aliphatic carbocycles. The molecule has 1 aromatic heterocycles. The van der Waals surface area contributed by atoms with Crippen molar-refractivity contribution >= 4 is 17.4 Å². The molecule has 0 bridgehead atoms. The summed E-state index contributed by atoms with van der Waals surface area (Å²) in [7, 11) is 0. The number of amides is 1. The molecule has 1 aliphatic rings. The summed E-state index contributed by atoms with van der Waals surface area (Å²) < 4.78 is 29.2. The van der Waals surface area contributed by atoms with Gasteiger partial charge in [-0.1, -0.05) is 83.1 Å². The number of benzene rings is 3. The highest BCUT2D eigenvalue weighted by atomic mass is 19.1. The standard InChI is InChI=1S/C41H49FN2O4/c1-27(2)37-36(39(46)43-31-16-12-9-13-17-31)35(28-14-10-8-11-15-28)38(29-18-20-30(42)21-19-29)44(37)23-22-33-25-34(48-41(6,7)47-33)24-32(45)26-40(3,4)5/h8-21,27,33-34H,22-26H2,1-7H3,(H,43,46)/t33-,34+/m1/s1. The fourth-order valence-corrected chi connectivity index (χ4v) is 6.92. The van der Waals surface area contributed by atoms with E-state index in [1.165, 1.54) is 12.1 Å². The molecule has 1 aliphatic heterocycles. The number of aromatic nitrogens is 1.